The van der Waals surface area contributed by atoms with Gasteiger partial charge in [-0.05, 0) is 60.0 Å². The molecule has 1 atom stereocenters. The third kappa shape index (κ3) is 5.03. The maximum Gasteiger partial charge on any atom is 0.182 e. The topological polar surface area (TPSA) is 77.8 Å². The van der Waals surface area contributed by atoms with Gasteiger partial charge >= 0.3 is 0 Å². The van der Waals surface area contributed by atoms with Crippen LogP contribution < -0.4 is 10.1 Å². The summed E-state index contributed by atoms with van der Waals surface area (Å²) < 4.78 is 21.5. The predicted octanol–water partition coefficient (Wildman–Crippen LogP) is 3.72. The number of nitrogens with one attached hydrogen (secondary N) is 1. The van der Waals surface area contributed by atoms with Crippen molar-refractivity contribution in [3.63, 3.8) is 0 Å². The van der Waals surface area contributed by atoms with Gasteiger partial charge in [0.25, 0.3) is 0 Å². The maximum absolute atomic E-state index is 13.7. The zero-order chi connectivity index (χ0) is 20.1. The highest BCUT2D eigenvalue weighted by Crippen LogP contribution is 2.25. The number of aromatic nitrogens is 5. The molecule has 0 aliphatic carbocycles. The van der Waals surface area contributed by atoms with E-state index in [-0.39, 0.29) is 11.9 Å². The molecule has 8 heteroatoms. The molecule has 0 bridgehead atoms. The molecule has 3 aromatic rings. The Kier molecular flexibility index (Phi) is 6.18. The highest BCUT2D eigenvalue weighted by atomic mass is 19.1. The van der Waals surface area contributed by atoms with Gasteiger partial charge in [-0.2, -0.15) is 0 Å². The van der Waals surface area contributed by atoms with Crippen LogP contribution >= 0.6 is 0 Å². The molecule has 0 saturated heterocycles. The van der Waals surface area contributed by atoms with Gasteiger partial charge in [0.2, 0.25) is 0 Å². The molecule has 0 aliphatic heterocycles. The van der Waals surface area contributed by atoms with E-state index in [1.54, 1.807) is 16.9 Å². The molecule has 1 N–H and O–H groups in total. The third-order valence-corrected chi connectivity index (χ3v) is 4.05. The van der Waals surface area contributed by atoms with E-state index < -0.39 is 0 Å². The Labute approximate surface area is 163 Å². The summed E-state index contributed by atoms with van der Waals surface area (Å²) in [6, 6.07) is 7.43. The van der Waals surface area contributed by atoms with Crippen molar-refractivity contribution in [3.05, 3.63) is 48.0 Å². The van der Waals surface area contributed by atoms with E-state index in [1.807, 2.05) is 32.0 Å². The molecule has 7 nitrogen and oxygen atoms in total. The second-order valence-electron chi connectivity index (χ2n) is 7.33. The molecule has 0 spiro atoms. The summed E-state index contributed by atoms with van der Waals surface area (Å²) in [6.07, 6.45) is 2.73. The number of aryl methyl sites for hydroxylation is 1. The normalized spacial score (nSPS) is 12.2. The summed E-state index contributed by atoms with van der Waals surface area (Å²) in [5.41, 5.74) is 2.36. The summed E-state index contributed by atoms with van der Waals surface area (Å²) in [5, 5.41) is 15.2. The number of hydrogen-bond donors (Lipinski definition) is 1. The number of ether oxygens (including phenoxy) is 1. The average molecular weight is 384 g/mol. The van der Waals surface area contributed by atoms with Gasteiger partial charge in [-0.25, -0.2) is 9.07 Å². The summed E-state index contributed by atoms with van der Waals surface area (Å²) >= 11 is 0. The van der Waals surface area contributed by atoms with Crippen LogP contribution in [0.4, 0.5) is 10.1 Å². The van der Waals surface area contributed by atoms with Crippen molar-refractivity contribution < 1.29 is 9.13 Å². The van der Waals surface area contributed by atoms with Crippen LogP contribution in [0.25, 0.3) is 11.4 Å². The molecule has 0 amide bonds. The van der Waals surface area contributed by atoms with Crippen molar-refractivity contribution in [1.29, 1.82) is 0 Å². The Hall–Kier alpha value is -3.03. The number of tetrazole rings is 1. The fourth-order valence-corrected chi connectivity index (χ4v) is 2.86. The Balaban J connectivity index is 1.70. The summed E-state index contributed by atoms with van der Waals surface area (Å²) in [5.74, 6) is 1.48. The highest BCUT2D eigenvalue weighted by molar-refractivity contribution is 5.59. The molecular formula is C20H25FN6O. The van der Waals surface area contributed by atoms with E-state index in [9.17, 15) is 4.39 Å². The number of anilines is 1. The van der Waals surface area contributed by atoms with Crippen LogP contribution in [0.2, 0.25) is 0 Å². The molecule has 0 radical (unpaired) electrons. The summed E-state index contributed by atoms with van der Waals surface area (Å²) in [4.78, 5) is 3.75. The van der Waals surface area contributed by atoms with Gasteiger partial charge in [-0.15, -0.1) is 5.10 Å². The van der Waals surface area contributed by atoms with Crippen LogP contribution in [0.3, 0.4) is 0 Å². The number of rotatable bonds is 8. The average Bonchev–Trinajstić information content (AvgIpc) is 3.09. The number of hydrogen-bond acceptors (Lipinski definition) is 6. The van der Waals surface area contributed by atoms with Gasteiger partial charge in [-0.3, -0.25) is 4.98 Å². The fourth-order valence-electron chi connectivity index (χ4n) is 2.86. The molecule has 3 rings (SSSR count). The van der Waals surface area contributed by atoms with E-state index >= 15 is 0 Å². The number of benzene rings is 1. The second kappa shape index (κ2) is 8.77. The first kappa shape index (κ1) is 19.7. The van der Waals surface area contributed by atoms with E-state index in [2.05, 4.69) is 39.7 Å². The van der Waals surface area contributed by atoms with Crippen molar-refractivity contribution in [2.45, 2.75) is 40.3 Å². The maximum atomic E-state index is 13.7. The van der Waals surface area contributed by atoms with E-state index in [1.165, 1.54) is 6.20 Å². The standard InChI is InChI=1S/C20H25FN6O/c1-13(2)11-27-20(24-25-26-27)16-7-14(3)8-17(9-16)28-12-15(4)23-19-5-6-22-10-18(19)21/h5-10,13,15H,11-12H2,1-4H3,(H,22,23)/t15-/m0/s1. The lowest BCUT2D eigenvalue weighted by Gasteiger charge is -2.17. The molecule has 28 heavy (non-hydrogen) atoms. The molecular weight excluding hydrogens is 359 g/mol. The molecule has 2 aromatic heterocycles. The molecule has 0 unspecified atom stereocenters. The highest BCUT2D eigenvalue weighted by Gasteiger charge is 2.13. The zero-order valence-electron chi connectivity index (χ0n) is 16.6. The Morgan fingerprint density at radius 1 is 1.21 bits per heavy atom. The lowest BCUT2D eigenvalue weighted by atomic mass is 10.1. The smallest absolute Gasteiger partial charge is 0.182 e. The van der Waals surface area contributed by atoms with Gasteiger partial charge in [-0.1, -0.05) is 13.8 Å². The Morgan fingerprint density at radius 3 is 2.79 bits per heavy atom. The van der Waals surface area contributed by atoms with Crippen LogP contribution in [0.15, 0.2) is 36.7 Å². The first-order valence-corrected chi connectivity index (χ1v) is 9.29. The molecule has 1 aromatic carbocycles. The first-order chi connectivity index (χ1) is 13.4. The van der Waals surface area contributed by atoms with Crippen molar-refractivity contribution in [2.24, 2.45) is 5.92 Å². The Morgan fingerprint density at radius 2 is 2.04 bits per heavy atom. The second-order valence-corrected chi connectivity index (χ2v) is 7.33. The van der Waals surface area contributed by atoms with Crippen LogP contribution in [-0.4, -0.2) is 37.8 Å². The van der Waals surface area contributed by atoms with Crippen molar-refractivity contribution >= 4 is 5.69 Å². The molecule has 148 valence electrons. The first-order valence-electron chi connectivity index (χ1n) is 9.29. The van der Waals surface area contributed by atoms with Crippen LogP contribution in [-0.2, 0) is 6.54 Å². The molecule has 0 fully saturated rings. The number of halogens is 1. The van der Waals surface area contributed by atoms with E-state index in [0.717, 1.165) is 23.4 Å². The van der Waals surface area contributed by atoms with E-state index in [4.69, 9.17) is 4.74 Å². The minimum absolute atomic E-state index is 0.0906. The van der Waals surface area contributed by atoms with Crippen molar-refractivity contribution in [1.82, 2.24) is 25.2 Å². The quantitative estimate of drug-likeness (QED) is 0.638. The monoisotopic (exact) mass is 384 g/mol. The third-order valence-electron chi connectivity index (χ3n) is 4.05. The zero-order valence-corrected chi connectivity index (χ0v) is 16.6. The van der Waals surface area contributed by atoms with Crippen LogP contribution in [0.1, 0.15) is 26.3 Å². The van der Waals surface area contributed by atoms with Gasteiger partial charge in [0.05, 0.1) is 17.9 Å². The minimum atomic E-state index is -0.385. The number of nitrogens with zero attached hydrogens (tertiary/aromatic N) is 5. The summed E-state index contributed by atoms with van der Waals surface area (Å²) in [7, 11) is 0. The van der Waals surface area contributed by atoms with Crippen LogP contribution in [0, 0.1) is 18.7 Å². The van der Waals surface area contributed by atoms with Gasteiger partial charge in [0.1, 0.15) is 12.4 Å². The lowest BCUT2D eigenvalue weighted by molar-refractivity contribution is 0.303. The predicted molar refractivity (Wildman–Crippen MR) is 106 cm³/mol. The van der Waals surface area contributed by atoms with Gasteiger partial charge in [0.15, 0.2) is 11.6 Å². The largest absolute Gasteiger partial charge is 0.491 e. The molecule has 2 heterocycles. The molecule has 0 aliphatic rings. The van der Waals surface area contributed by atoms with Crippen molar-refractivity contribution in [3.8, 4) is 17.1 Å². The minimum Gasteiger partial charge on any atom is -0.491 e. The van der Waals surface area contributed by atoms with Crippen LogP contribution in [0.5, 0.6) is 5.75 Å². The van der Waals surface area contributed by atoms with E-state index in [0.29, 0.717) is 24.0 Å². The lowest BCUT2D eigenvalue weighted by Crippen LogP contribution is -2.24. The summed E-state index contributed by atoms with van der Waals surface area (Å²) in [6.45, 7) is 9.29. The van der Waals surface area contributed by atoms with Crippen molar-refractivity contribution in [2.75, 3.05) is 11.9 Å². The van der Waals surface area contributed by atoms with Gasteiger partial charge in [0, 0.05) is 18.3 Å². The fraction of sp³-hybridized carbons (Fsp3) is 0.400. The molecule has 0 saturated carbocycles. The Bertz CT molecular complexity index is 927. The number of pyridine rings is 1. The SMILES string of the molecule is Cc1cc(OC[C@H](C)Nc2ccncc2F)cc(-c2nnnn2CC(C)C)c1. The van der Waals surface area contributed by atoms with Gasteiger partial charge < -0.3 is 10.1 Å².